The van der Waals surface area contributed by atoms with Crippen LogP contribution in [0.15, 0.2) is 24.3 Å². The van der Waals surface area contributed by atoms with Gasteiger partial charge in [-0.25, -0.2) is 0 Å². The monoisotopic (exact) mass is 147 g/mol. The summed E-state index contributed by atoms with van der Waals surface area (Å²) in [5.41, 5.74) is 0.690. The van der Waals surface area contributed by atoms with E-state index in [1.54, 1.807) is 25.1 Å². The van der Waals surface area contributed by atoms with Crippen LogP contribution in [0.5, 0.6) is 5.75 Å². The molecule has 1 N–H and O–H groups in total. The number of nitriles is 1. The van der Waals surface area contributed by atoms with Crippen molar-refractivity contribution in [2.24, 2.45) is 0 Å². The van der Waals surface area contributed by atoms with E-state index in [0.29, 0.717) is 5.56 Å². The normalized spacial score (nSPS) is 12.0. The number of aromatic hydroxyl groups is 1. The van der Waals surface area contributed by atoms with Crippen molar-refractivity contribution in [2.75, 3.05) is 0 Å². The Morgan fingerprint density at radius 1 is 1.45 bits per heavy atom. The van der Waals surface area contributed by atoms with Gasteiger partial charge in [0.15, 0.2) is 0 Å². The molecule has 0 amide bonds. The Hall–Kier alpha value is -1.49. The van der Waals surface area contributed by atoms with Crippen LogP contribution in [-0.4, -0.2) is 5.11 Å². The van der Waals surface area contributed by atoms with Crippen LogP contribution in [0, 0.1) is 11.3 Å². The van der Waals surface area contributed by atoms with Gasteiger partial charge in [0.25, 0.3) is 0 Å². The smallest absolute Gasteiger partial charge is 0.120 e. The van der Waals surface area contributed by atoms with Crippen molar-refractivity contribution < 1.29 is 5.11 Å². The summed E-state index contributed by atoms with van der Waals surface area (Å²) in [5.74, 6) is -0.0438. The lowest BCUT2D eigenvalue weighted by molar-refractivity contribution is 0.467. The first kappa shape index (κ1) is 7.62. The third-order valence-corrected chi connectivity index (χ3v) is 1.60. The van der Waals surface area contributed by atoms with E-state index >= 15 is 0 Å². The summed E-state index contributed by atoms with van der Waals surface area (Å²) >= 11 is 0. The standard InChI is InChI=1S/C9H9NO/c1-7(6-10)8-4-2-3-5-9(8)11/h2-5,7,11H,1H3. The highest BCUT2D eigenvalue weighted by Crippen LogP contribution is 2.23. The third kappa shape index (κ3) is 1.50. The minimum absolute atomic E-state index is 0.196. The van der Waals surface area contributed by atoms with Crippen LogP contribution in [-0.2, 0) is 0 Å². The Labute approximate surface area is 65.7 Å². The maximum atomic E-state index is 9.26. The molecule has 0 saturated carbocycles. The first-order valence-electron chi connectivity index (χ1n) is 3.43. The van der Waals surface area contributed by atoms with Crippen molar-refractivity contribution in [1.82, 2.24) is 0 Å². The third-order valence-electron chi connectivity index (χ3n) is 1.60. The zero-order chi connectivity index (χ0) is 8.27. The molecule has 0 fully saturated rings. The van der Waals surface area contributed by atoms with Gasteiger partial charge in [-0.2, -0.15) is 5.26 Å². The number of hydrogen-bond acceptors (Lipinski definition) is 2. The van der Waals surface area contributed by atoms with Gasteiger partial charge in [0.1, 0.15) is 5.75 Å². The van der Waals surface area contributed by atoms with Gasteiger partial charge in [0, 0.05) is 5.56 Å². The molecule has 0 aromatic heterocycles. The summed E-state index contributed by atoms with van der Waals surface area (Å²) in [6.07, 6.45) is 0. The maximum Gasteiger partial charge on any atom is 0.120 e. The van der Waals surface area contributed by atoms with E-state index in [1.807, 2.05) is 6.07 Å². The average Bonchev–Trinajstić information content (AvgIpc) is 2.04. The van der Waals surface area contributed by atoms with E-state index < -0.39 is 0 Å². The van der Waals surface area contributed by atoms with Gasteiger partial charge in [-0.05, 0) is 13.0 Å². The number of phenolic OH excluding ortho intramolecular Hbond substituents is 1. The quantitative estimate of drug-likeness (QED) is 0.660. The molecule has 0 aliphatic carbocycles. The molecule has 0 saturated heterocycles. The largest absolute Gasteiger partial charge is 0.508 e. The fourth-order valence-corrected chi connectivity index (χ4v) is 0.923. The summed E-state index contributed by atoms with van der Waals surface area (Å²) in [6.45, 7) is 1.76. The van der Waals surface area contributed by atoms with Crippen LogP contribution in [0.4, 0.5) is 0 Å². The van der Waals surface area contributed by atoms with Crippen LogP contribution in [0.1, 0.15) is 18.4 Å². The first-order chi connectivity index (χ1) is 5.25. The van der Waals surface area contributed by atoms with E-state index in [4.69, 9.17) is 5.26 Å². The second-order valence-corrected chi connectivity index (χ2v) is 2.41. The lowest BCUT2D eigenvalue weighted by Crippen LogP contribution is -1.88. The Bertz CT molecular complexity index is 288. The number of nitrogens with zero attached hydrogens (tertiary/aromatic N) is 1. The Balaban J connectivity index is 3.05. The minimum Gasteiger partial charge on any atom is -0.508 e. The molecule has 0 aliphatic heterocycles. The van der Waals surface area contributed by atoms with Crippen molar-refractivity contribution in [1.29, 1.82) is 5.26 Å². The van der Waals surface area contributed by atoms with Gasteiger partial charge in [0.05, 0.1) is 12.0 Å². The zero-order valence-corrected chi connectivity index (χ0v) is 6.28. The molecule has 2 heteroatoms. The predicted octanol–water partition coefficient (Wildman–Crippen LogP) is 2.02. The highest BCUT2D eigenvalue weighted by Gasteiger charge is 2.06. The molecule has 0 aliphatic rings. The average molecular weight is 147 g/mol. The molecule has 0 bridgehead atoms. The second kappa shape index (κ2) is 3.07. The molecule has 1 atom stereocenters. The summed E-state index contributed by atoms with van der Waals surface area (Å²) < 4.78 is 0. The van der Waals surface area contributed by atoms with Gasteiger partial charge >= 0.3 is 0 Å². The first-order valence-corrected chi connectivity index (χ1v) is 3.43. The Kier molecular flexibility index (Phi) is 2.12. The van der Waals surface area contributed by atoms with E-state index in [-0.39, 0.29) is 11.7 Å². The fourth-order valence-electron chi connectivity index (χ4n) is 0.923. The van der Waals surface area contributed by atoms with Crippen molar-refractivity contribution >= 4 is 0 Å². The van der Waals surface area contributed by atoms with Crippen molar-refractivity contribution in [3.63, 3.8) is 0 Å². The summed E-state index contributed by atoms with van der Waals surface area (Å²) in [5, 5.41) is 17.8. The van der Waals surface area contributed by atoms with Gasteiger partial charge in [-0.15, -0.1) is 0 Å². The number of rotatable bonds is 1. The Morgan fingerprint density at radius 3 is 2.64 bits per heavy atom. The maximum absolute atomic E-state index is 9.26. The molecule has 1 rings (SSSR count). The van der Waals surface area contributed by atoms with Gasteiger partial charge < -0.3 is 5.11 Å². The lowest BCUT2D eigenvalue weighted by Gasteiger charge is -2.03. The molecule has 1 aromatic rings. The Morgan fingerprint density at radius 2 is 2.09 bits per heavy atom. The van der Waals surface area contributed by atoms with E-state index in [9.17, 15) is 5.11 Å². The molecule has 11 heavy (non-hydrogen) atoms. The highest BCUT2D eigenvalue weighted by atomic mass is 16.3. The zero-order valence-electron chi connectivity index (χ0n) is 6.28. The van der Waals surface area contributed by atoms with Gasteiger partial charge in [0.2, 0.25) is 0 Å². The van der Waals surface area contributed by atoms with Crippen LogP contribution < -0.4 is 0 Å². The summed E-state index contributed by atoms with van der Waals surface area (Å²) in [4.78, 5) is 0. The number of para-hydroxylation sites is 1. The molecule has 1 aromatic carbocycles. The fraction of sp³-hybridized carbons (Fsp3) is 0.222. The molecule has 0 radical (unpaired) electrons. The number of hydrogen-bond donors (Lipinski definition) is 1. The van der Waals surface area contributed by atoms with E-state index in [0.717, 1.165) is 0 Å². The second-order valence-electron chi connectivity index (χ2n) is 2.41. The SMILES string of the molecule is CC(C#N)c1ccccc1O. The van der Waals surface area contributed by atoms with Crippen LogP contribution in [0.2, 0.25) is 0 Å². The molecular weight excluding hydrogens is 138 g/mol. The van der Waals surface area contributed by atoms with Crippen LogP contribution >= 0.6 is 0 Å². The predicted molar refractivity (Wildman–Crippen MR) is 42.1 cm³/mol. The van der Waals surface area contributed by atoms with Crippen LogP contribution in [0.3, 0.4) is 0 Å². The van der Waals surface area contributed by atoms with Crippen LogP contribution in [0.25, 0.3) is 0 Å². The van der Waals surface area contributed by atoms with Crippen molar-refractivity contribution in [2.45, 2.75) is 12.8 Å². The molecule has 1 unspecified atom stereocenters. The van der Waals surface area contributed by atoms with Crippen molar-refractivity contribution in [3.05, 3.63) is 29.8 Å². The topological polar surface area (TPSA) is 44.0 Å². The highest BCUT2D eigenvalue weighted by molar-refractivity contribution is 5.37. The van der Waals surface area contributed by atoms with E-state index in [1.165, 1.54) is 0 Å². The summed E-state index contributed by atoms with van der Waals surface area (Å²) in [7, 11) is 0. The minimum atomic E-state index is -0.240. The molecule has 0 spiro atoms. The molecule has 2 nitrogen and oxygen atoms in total. The molecule has 56 valence electrons. The van der Waals surface area contributed by atoms with Crippen molar-refractivity contribution in [3.8, 4) is 11.8 Å². The molecule has 0 heterocycles. The molecular formula is C9H9NO. The number of benzene rings is 1. The van der Waals surface area contributed by atoms with Gasteiger partial charge in [-0.1, -0.05) is 18.2 Å². The number of phenols is 1. The van der Waals surface area contributed by atoms with Gasteiger partial charge in [-0.3, -0.25) is 0 Å². The lowest BCUT2D eigenvalue weighted by atomic mass is 10.0. The summed E-state index contributed by atoms with van der Waals surface area (Å²) in [6, 6.07) is 8.95. The van der Waals surface area contributed by atoms with E-state index in [2.05, 4.69) is 6.07 Å².